The average molecular weight is 431 g/mol. The number of anilines is 2. The summed E-state index contributed by atoms with van der Waals surface area (Å²) in [5, 5.41) is 24.6. The predicted octanol–water partition coefficient (Wildman–Crippen LogP) is 3.33. The maximum absolute atomic E-state index is 12.5. The van der Waals surface area contributed by atoms with E-state index in [1.807, 2.05) is 6.92 Å². The molecule has 12 heteroatoms. The fraction of sp³-hybridized carbons (Fsp3) is 0.176. The van der Waals surface area contributed by atoms with Gasteiger partial charge in [-0.2, -0.15) is 10.2 Å². The van der Waals surface area contributed by atoms with Crippen molar-refractivity contribution in [1.82, 2.24) is 29.9 Å². The van der Waals surface area contributed by atoms with Gasteiger partial charge in [0.05, 0.1) is 52.3 Å². The Morgan fingerprint density at radius 3 is 2.69 bits per heavy atom. The van der Waals surface area contributed by atoms with Gasteiger partial charge in [0.25, 0.3) is 0 Å². The first-order valence-electron chi connectivity index (χ1n) is 8.46. The summed E-state index contributed by atoms with van der Waals surface area (Å²) in [7, 11) is 0. The van der Waals surface area contributed by atoms with Gasteiger partial charge in [0.1, 0.15) is 10.3 Å². The zero-order chi connectivity index (χ0) is 20.5. The van der Waals surface area contributed by atoms with Crippen LogP contribution in [0, 0.1) is 6.92 Å². The van der Waals surface area contributed by atoms with Gasteiger partial charge in [0, 0.05) is 5.56 Å². The number of nitrogens with zero attached hydrogens (tertiary/aromatic N) is 6. The highest BCUT2D eigenvalue weighted by molar-refractivity contribution is 7.18. The Labute approximate surface area is 173 Å². The number of aryl methyl sites for hydroxylation is 1. The zero-order valence-electron chi connectivity index (χ0n) is 15.3. The number of nitrogens with one attached hydrogen (secondary N) is 2. The summed E-state index contributed by atoms with van der Waals surface area (Å²) in [6.45, 7) is 3.47. The Bertz CT molecular complexity index is 1190. The van der Waals surface area contributed by atoms with Crippen LogP contribution in [0.25, 0.3) is 16.2 Å². The van der Waals surface area contributed by atoms with Gasteiger partial charge in [-0.25, -0.2) is 19.7 Å². The van der Waals surface area contributed by atoms with Crippen LogP contribution >= 0.6 is 22.9 Å². The Hall–Kier alpha value is -3.15. The van der Waals surface area contributed by atoms with Crippen LogP contribution in [0.4, 0.5) is 16.2 Å². The van der Waals surface area contributed by atoms with E-state index in [0.717, 1.165) is 5.01 Å². The van der Waals surface area contributed by atoms with E-state index in [9.17, 15) is 9.90 Å². The fourth-order valence-electron chi connectivity index (χ4n) is 2.78. The van der Waals surface area contributed by atoms with E-state index >= 15 is 0 Å². The largest absolute Gasteiger partial charge is 0.389 e. The molecule has 0 aliphatic heterocycles. The number of thiazole rings is 1. The Morgan fingerprint density at radius 2 is 2.00 bits per heavy atom. The van der Waals surface area contributed by atoms with Crippen LogP contribution < -0.4 is 10.6 Å². The molecular weight excluding hydrogens is 416 g/mol. The fourth-order valence-corrected chi connectivity index (χ4v) is 3.79. The molecule has 148 valence electrons. The maximum atomic E-state index is 12.5. The van der Waals surface area contributed by atoms with Crippen LogP contribution in [0.2, 0.25) is 5.02 Å². The highest BCUT2D eigenvalue weighted by atomic mass is 35.5. The Kier molecular flexibility index (Phi) is 5.09. The van der Waals surface area contributed by atoms with Gasteiger partial charge >= 0.3 is 6.03 Å². The van der Waals surface area contributed by atoms with E-state index < -0.39 is 12.1 Å². The average Bonchev–Trinajstić information content (AvgIpc) is 3.30. The summed E-state index contributed by atoms with van der Waals surface area (Å²) in [6.07, 6.45) is 5.11. The number of carbonyl (C=O) groups is 1. The molecule has 0 saturated carbocycles. The minimum atomic E-state index is -0.839. The maximum Gasteiger partial charge on any atom is 0.323 e. The standard InChI is InChI=1S/C17H15ClN8O2S/c1-8(27)13-12(7-20-16-14(13)23-9(2)29-16)25-17(28)24-10-5-11(18)15(19-6-10)26-21-3-4-22-26/h3-8,27H,1-2H3,(H2,24,25,28). The summed E-state index contributed by atoms with van der Waals surface area (Å²) in [5.74, 6) is 0.340. The molecule has 0 spiro atoms. The number of pyridine rings is 2. The van der Waals surface area contributed by atoms with Gasteiger partial charge in [0.2, 0.25) is 0 Å². The number of fused-ring (bicyclic) bond motifs is 1. The number of halogens is 1. The number of aliphatic hydroxyl groups excluding tert-OH is 1. The lowest BCUT2D eigenvalue weighted by molar-refractivity contribution is 0.201. The molecule has 4 rings (SSSR count). The normalized spacial score (nSPS) is 12.1. The van der Waals surface area contributed by atoms with E-state index in [-0.39, 0.29) is 5.02 Å². The van der Waals surface area contributed by atoms with Gasteiger partial charge in [-0.3, -0.25) is 0 Å². The lowest BCUT2D eigenvalue weighted by Gasteiger charge is -2.14. The van der Waals surface area contributed by atoms with E-state index in [4.69, 9.17) is 11.6 Å². The molecule has 10 nitrogen and oxygen atoms in total. The van der Waals surface area contributed by atoms with Gasteiger partial charge in [0.15, 0.2) is 5.82 Å². The van der Waals surface area contributed by atoms with Crippen molar-refractivity contribution in [3.63, 3.8) is 0 Å². The number of rotatable bonds is 4. The number of hydrogen-bond donors (Lipinski definition) is 3. The van der Waals surface area contributed by atoms with Crippen molar-refractivity contribution in [1.29, 1.82) is 0 Å². The van der Waals surface area contributed by atoms with E-state index in [0.29, 0.717) is 33.1 Å². The number of amides is 2. The molecule has 3 N–H and O–H groups in total. The minimum absolute atomic E-state index is 0.268. The molecule has 0 aliphatic rings. The molecular formula is C17H15ClN8O2S. The molecule has 4 aromatic rings. The van der Waals surface area contributed by atoms with Crippen molar-refractivity contribution in [2.75, 3.05) is 10.6 Å². The van der Waals surface area contributed by atoms with Crippen molar-refractivity contribution >= 4 is 50.7 Å². The molecule has 4 aromatic heterocycles. The SMILES string of the molecule is Cc1nc2c(C(C)O)c(NC(=O)Nc3cnc(-n4nccn4)c(Cl)c3)cnc2s1. The van der Waals surface area contributed by atoms with Crippen LogP contribution in [0.3, 0.4) is 0 Å². The molecule has 29 heavy (non-hydrogen) atoms. The molecule has 1 atom stereocenters. The highest BCUT2D eigenvalue weighted by Gasteiger charge is 2.18. The van der Waals surface area contributed by atoms with Crippen LogP contribution in [0.5, 0.6) is 0 Å². The third kappa shape index (κ3) is 3.88. The molecule has 0 aromatic carbocycles. The van der Waals surface area contributed by atoms with Crippen LogP contribution in [0.15, 0.2) is 30.9 Å². The third-order valence-corrected chi connectivity index (χ3v) is 5.08. The second kappa shape index (κ2) is 7.70. The molecule has 0 bridgehead atoms. The van der Waals surface area contributed by atoms with Crippen LogP contribution in [-0.2, 0) is 0 Å². The van der Waals surface area contributed by atoms with Crippen LogP contribution in [-0.4, -0.2) is 41.1 Å². The first-order valence-corrected chi connectivity index (χ1v) is 9.66. The Balaban J connectivity index is 1.56. The molecule has 2 amide bonds. The minimum Gasteiger partial charge on any atom is -0.389 e. The number of aromatic nitrogens is 6. The van der Waals surface area contributed by atoms with Crippen molar-refractivity contribution in [2.45, 2.75) is 20.0 Å². The van der Waals surface area contributed by atoms with Crippen molar-refractivity contribution in [3.05, 3.63) is 46.4 Å². The molecule has 4 heterocycles. The van der Waals surface area contributed by atoms with Gasteiger partial charge in [-0.05, 0) is 19.9 Å². The van der Waals surface area contributed by atoms with Crippen LogP contribution in [0.1, 0.15) is 23.6 Å². The van der Waals surface area contributed by atoms with Crippen molar-refractivity contribution in [3.8, 4) is 5.82 Å². The first-order chi connectivity index (χ1) is 13.9. The van der Waals surface area contributed by atoms with Crippen molar-refractivity contribution < 1.29 is 9.90 Å². The Morgan fingerprint density at radius 1 is 1.24 bits per heavy atom. The topological polar surface area (TPSA) is 131 Å². The highest BCUT2D eigenvalue weighted by Crippen LogP contribution is 2.32. The summed E-state index contributed by atoms with van der Waals surface area (Å²) in [6, 6.07) is 0.996. The molecule has 0 aliphatic carbocycles. The third-order valence-electron chi connectivity index (χ3n) is 3.93. The predicted molar refractivity (Wildman–Crippen MR) is 110 cm³/mol. The first kappa shape index (κ1) is 19.2. The number of carbonyl (C=O) groups excluding carboxylic acids is 1. The molecule has 1 unspecified atom stereocenters. The quantitative estimate of drug-likeness (QED) is 0.452. The zero-order valence-corrected chi connectivity index (χ0v) is 16.9. The molecule has 0 saturated heterocycles. The van der Waals surface area contributed by atoms with E-state index in [1.54, 1.807) is 6.92 Å². The summed E-state index contributed by atoms with van der Waals surface area (Å²) < 4.78 is 0. The van der Waals surface area contributed by atoms with E-state index in [1.165, 1.54) is 47.0 Å². The van der Waals surface area contributed by atoms with E-state index in [2.05, 4.69) is 35.8 Å². The monoisotopic (exact) mass is 430 g/mol. The summed E-state index contributed by atoms with van der Waals surface area (Å²) in [4.78, 5) is 27.3. The number of hydrogen-bond acceptors (Lipinski definition) is 8. The summed E-state index contributed by atoms with van der Waals surface area (Å²) in [5.41, 5.74) is 1.82. The molecule has 0 radical (unpaired) electrons. The lowest BCUT2D eigenvalue weighted by atomic mass is 10.1. The molecule has 0 fully saturated rings. The van der Waals surface area contributed by atoms with Gasteiger partial charge < -0.3 is 15.7 Å². The van der Waals surface area contributed by atoms with Gasteiger partial charge in [-0.1, -0.05) is 22.9 Å². The summed E-state index contributed by atoms with van der Waals surface area (Å²) >= 11 is 7.63. The number of urea groups is 1. The second-order valence-corrected chi connectivity index (χ2v) is 7.66. The van der Waals surface area contributed by atoms with Gasteiger partial charge in [-0.15, -0.1) is 4.80 Å². The number of aliphatic hydroxyl groups is 1. The second-order valence-electron chi connectivity index (χ2n) is 6.08. The van der Waals surface area contributed by atoms with Crippen molar-refractivity contribution in [2.24, 2.45) is 0 Å². The smallest absolute Gasteiger partial charge is 0.323 e. The lowest BCUT2D eigenvalue weighted by Crippen LogP contribution is -2.21.